The number of aryl methyl sites for hydroxylation is 3. The molecule has 0 bridgehead atoms. The van der Waals surface area contributed by atoms with Crippen molar-refractivity contribution in [2.45, 2.75) is 202 Å². The molecule has 691 valence electrons. The van der Waals surface area contributed by atoms with Crippen molar-refractivity contribution in [3.05, 3.63) is 106 Å². The first-order chi connectivity index (χ1) is 52.6. The summed E-state index contributed by atoms with van der Waals surface area (Å²) in [5, 5.41) is 153. The number of hydrogen-bond donors (Lipinski definition) is 9. The molecule has 5 radical (unpaired) electrons. The number of carboxylic acids is 15. The summed E-state index contributed by atoms with van der Waals surface area (Å²) in [6.45, 7) is 34.8. The number of carbonyl (C=O) groups is 15. The van der Waals surface area contributed by atoms with E-state index in [2.05, 4.69) is 125 Å². The van der Waals surface area contributed by atoms with Crippen LogP contribution in [0.2, 0.25) is 0 Å². The largest absolute Gasteiger partial charge is 3.00 e. The number of aliphatic carboxylic acids is 15. The Labute approximate surface area is 862 Å². The monoisotopic (exact) mass is 2420 g/mol. The van der Waals surface area contributed by atoms with Crippen LogP contribution in [-0.4, -0.2) is 168 Å². The van der Waals surface area contributed by atoms with Crippen LogP contribution in [0.3, 0.4) is 0 Å². The van der Waals surface area contributed by atoms with E-state index in [0.717, 1.165) is 182 Å². The Hall–Kier alpha value is -4.03. The summed E-state index contributed by atoms with van der Waals surface area (Å²) in [7, 11) is 0. The third-order valence-corrected chi connectivity index (χ3v) is 8.91. The second-order valence-electron chi connectivity index (χ2n) is 21.3. The van der Waals surface area contributed by atoms with E-state index in [1.807, 2.05) is 0 Å². The van der Waals surface area contributed by atoms with Crippen LogP contribution in [-0.2, 0) is 111 Å². The topological polar surface area (TPSA) is 752 Å². The van der Waals surface area contributed by atoms with Gasteiger partial charge in [-0.25, -0.2) is 0 Å². The van der Waals surface area contributed by atoms with Crippen LogP contribution < -0.4 is 126 Å². The summed E-state index contributed by atoms with van der Waals surface area (Å²) in [5.74, 6) is -16.3. The van der Waals surface area contributed by atoms with E-state index in [0.29, 0.717) is 19.6 Å². The molecule has 0 aromatic heterocycles. The fourth-order valence-electron chi connectivity index (χ4n) is 5.52. The van der Waals surface area contributed by atoms with Crippen molar-refractivity contribution in [1.29, 1.82) is 0 Å². The average molecular weight is 2420 g/mol. The van der Waals surface area contributed by atoms with Gasteiger partial charge in [-0.3, -0.25) is 0 Å². The minimum atomic E-state index is -1.08. The van der Waals surface area contributed by atoms with Gasteiger partial charge in [0.1, 0.15) is 0 Å². The number of unbranched alkanes of at least 4 members (excludes halogenated alkanes) is 3. The second-order valence-corrected chi connectivity index (χ2v) is 21.3. The zero-order valence-electron chi connectivity index (χ0n) is 71.1. The predicted octanol–water partition coefficient (Wildman–Crippen LogP) is -13.7. The van der Waals surface area contributed by atoms with Crippen molar-refractivity contribution in [2.75, 3.05) is 78.5 Å². The standard InChI is InChI=1S/3C15H27N3.15C2H4O2.5Gd/c3*1-2-3-4-14-5-7-15(8-6-14)13-18-12-11-17-10-9-16;15*1-2(3)4;;;;;/h3*5-8,17-18H,2-4,9-13,16H2,1H3;15*1H3,(H,3,4);;;;;/q;;;;;;;;;;;;;;;;;;5*+3/p-15. The molecule has 0 saturated carbocycles. The molecule has 119 heavy (non-hydrogen) atoms. The van der Waals surface area contributed by atoms with Crippen LogP contribution in [0.15, 0.2) is 72.8 Å². The molecule has 0 fully saturated rings. The number of nitrogens with one attached hydrogen (secondary N) is 6. The molecule has 0 atom stereocenters. The summed E-state index contributed by atoms with van der Waals surface area (Å²) in [5.41, 5.74) is 24.6. The molecule has 0 aliphatic carbocycles. The van der Waals surface area contributed by atoms with Crippen LogP contribution in [0.25, 0.3) is 0 Å². The molecule has 3 aromatic carbocycles. The zero-order chi connectivity index (χ0) is 92.8. The first-order valence-corrected chi connectivity index (χ1v) is 34.8. The molecule has 0 heterocycles. The van der Waals surface area contributed by atoms with E-state index in [4.69, 9.17) is 166 Å². The Balaban J connectivity index is -0.0000000509. The van der Waals surface area contributed by atoms with Gasteiger partial charge in [0.2, 0.25) is 0 Å². The number of nitrogens with two attached hydrogens (primary N) is 3. The van der Waals surface area contributed by atoms with E-state index in [-0.39, 0.29) is 200 Å². The Morgan fingerprint density at radius 1 is 0.210 bits per heavy atom. The van der Waals surface area contributed by atoms with Crippen molar-refractivity contribution >= 4 is 89.5 Å². The Morgan fingerprint density at radius 3 is 0.412 bits per heavy atom. The fourth-order valence-corrected chi connectivity index (χ4v) is 5.52. The Morgan fingerprint density at radius 2 is 0.311 bits per heavy atom. The summed E-state index contributed by atoms with van der Waals surface area (Å²) >= 11 is 0. The number of rotatable bonds is 30. The van der Waals surface area contributed by atoms with Crippen molar-refractivity contribution in [2.24, 2.45) is 17.2 Å². The van der Waals surface area contributed by atoms with Crippen LogP contribution in [0.1, 0.15) is 197 Å². The quantitative estimate of drug-likeness (QED) is 0.0280. The number of carbonyl (C=O) groups excluding carboxylic acids is 15. The van der Waals surface area contributed by atoms with Crippen LogP contribution >= 0.6 is 0 Å². The zero-order valence-corrected chi connectivity index (χ0v) is 82.5. The Kier molecular flexibility index (Phi) is 199. The molecule has 44 heteroatoms. The molecule has 0 aliphatic rings. The van der Waals surface area contributed by atoms with E-state index < -0.39 is 89.5 Å². The maximum atomic E-state index is 8.89. The first-order valence-electron chi connectivity index (χ1n) is 34.8. The van der Waals surface area contributed by atoms with Gasteiger partial charge in [-0.1, -0.05) is 113 Å². The van der Waals surface area contributed by atoms with Gasteiger partial charge in [-0.2, -0.15) is 0 Å². The van der Waals surface area contributed by atoms with E-state index in [1.165, 1.54) is 91.2 Å². The van der Waals surface area contributed by atoms with Gasteiger partial charge >= 0.3 is 200 Å². The van der Waals surface area contributed by atoms with Gasteiger partial charge in [-0.15, -0.1) is 0 Å². The molecule has 3 rings (SSSR count). The van der Waals surface area contributed by atoms with Gasteiger partial charge in [-0.05, 0) is 176 Å². The molecule has 0 amide bonds. The van der Waals surface area contributed by atoms with Gasteiger partial charge in [0.05, 0.1) is 0 Å². The third kappa shape index (κ3) is 372. The number of hydrogen-bond acceptors (Lipinski definition) is 39. The summed E-state index contributed by atoms with van der Waals surface area (Å²) in [6.07, 6.45) is 11.2. The smallest absolute Gasteiger partial charge is 0.550 e. The minimum Gasteiger partial charge on any atom is -0.550 e. The molecular weight excluding hydrogens is 2290 g/mol. The molecule has 0 unspecified atom stereocenters. The molecular formula is C75H126Gd5N9O30. The second kappa shape index (κ2) is 143. The van der Waals surface area contributed by atoms with Crippen molar-refractivity contribution in [3.63, 3.8) is 0 Å². The average Bonchev–Trinajstić information content (AvgIpc) is 0.932. The van der Waals surface area contributed by atoms with Gasteiger partial charge in [0, 0.05) is 188 Å². The van der Waals surface area contributed by atoms with Crippen LogP contribution in [0, 0.1) is 200 Å². The van der Waals surface area contributed by atoms with Gasteiger partial charge in [0.25, 0.3) is 0 Å². The van der Waals surface area contributed by atoms with Gasteiger partial charge < -0.3 is 198 Å². The van der Waals surface area contributed by atoms with Crippen LogP contribution in [0.5, 0.6) is 0 Å². The van der Waals surface area contributed by atoms with Crippen molar-refractivity contribution in [1.82, 2.24) is 31.9 Å². The van der Waals surface area contributed by atoms with Crippen molar-refractivity contribution < 1.29 is 348 Å². The molecule has 3 aromatic rings. The summed E-state index contributed by atoms with van der Waals surface area (Å²) < 4.78 is 0. The SMILES string of the molecule is CC(=O)[O-].CC(=O)[O-].CC(=O)[O-].CC(=O)[O-].CC(=O)[O-].CC(=O)[O-].CC(=O)[O-].CC(=O)[O-].CC(=O)[O-].CC(=O)[O-].CC(=O)[O-].CC(=O)[O-].CC(=O)[O-].CC(=O)[O-].CC(=O)[O-].CCCCc1ccc(CNCCNCCN)cc1.CCCCc1ccc(CNCCNCCN)cc1.CCCCc1ccc(CNCCNCCN)cc1.[Gd+3].[Gd+3].[Gd+3].[Gd+3].[Gd+3]. The molecule has 12 N–H and O–H groups in total. The molecule has 0 aliphatic heterocycles. The van der Waals surface area contributed by atoms with Crippen molar-refractivity contribution in [3.8, 4) is 0 Å². The third-order valence-electron chi connectivity index (χ3n) is 8.91. The van der Waals surface area contributed by atoms with E-state index in [1.54, 1.807) is 0 Å². The number of carboxylic acid groups (broad SMARTS) is 15. The minimum absolute atomic E-state index is 0. The molecule has 39 nitrogen and oxygen atoms in total. The van der Waals surface area contributed by atoms with Gasteiger partial charge in [0.15, 0.2) is 0 Å². The van der Waals surface area contributed by atoms with E-state index in [9.17, 15) is 0 Å². The Bertz CT molecular complexity index is 2230. The first kappa shape index (κ1) is 166. The number of benzene rings is 3. The molecule has 0 saturated heterocycles. The van der Waals surface area contributed by atoms with Crippen LogP contribution in [0.4, 0.5) is 0 Å². The maximum absolute atomic E-state index is 8.89. The summed E-state index contributed by atoms with van der Waals surface area (Å²) in [6, 6.07) is 26.9. The van der Waals surface area contributed by atoms with E-state index >= 15 is 0 Å². The normalized spacial score (nSPS) is 8.04. The fraction of sp³-hybridized carbons (Fsp3) is 0.560. The summed E-state index contributed by atoms with van der Waals surface area (Å²) in [4.78, 5) is 133. The maximum Gasteiger partial charge on any atom is 3.00 e. The predicted molar refractivity (Wildman–Crippen MR) is 396 cm³/mol. The molecule has 0 spiro atoms.